The van der Waals surface area contributed by atoms with Crippen molar-refractivity contribution in [3.63, 3.8) is 0 Å². The molecule has 176 valence electrons. The molecule has 2 aromatic heterocycles. The van der Waals surface area contributed by atoms with Crippen LogP contribution in [0, 0.1) is 0 Å². The maximum Gasteiger partial charge on any atom is 0.254 e. The number of nitrogens with two attached hydrogens (primary N) is 2. The van der Waals surface area contributed by atoms with Crippen molar-refractivity contribution in [1.29, 1.82) is 0 Å². The minimum absolute atomic E-state index is 0.0686. The lowest BCUT2D eigenvalue weighted by molar-refractivity contribution is -0.126. The summed E-state index contributed by atoms with van der Waals surface area (Å²) in [6.07, 6.45) is 6.19. The first kappa shape index (κ1) is 23.0. The molecule has 1 aliphatic heterocycles. The number of rotatable bonds is 6. The number of para-hydroxylation sites is 1. The highest BCUT2D eigenvalue weighted by Crippen LogP contribution is 2.33. The number of primary amides is 1. The van der Waals surface area contributed by atoms with E-state index in [9.17, 15) is 9.59 Å². The normalized spacial score (nSPS) is 16.4. The zero-order chi connectivity index (χ0) is 24.1. The van der Waals surface area contributed by atoms with E-state index in [1.807, 2.05) is 30.3 Å². The first-order valence-electron chi connectivity index (χ1n) is 11.3. The van der Waals surface area contributed by atoms with Gasteiger partial charge >= 0.3 is 0 Å². The molecule has 0 unspecified atom stereocenters. The van der Waals surface area contributed by atoms with Gasteiger partial charge in [0.05, 0.1) is 6.04 Å². The Kier molecular flexibility index (Phi) is 6.91. The summed E-state index contributed by atoms with van der Waals surface area (Å²) in [5.74, 6) is 0.561. The second-order valence-electron chi connectivity index (χ2n) is 8.19. The van der Waals surface area contributed by atoms with E-state index in [2.05, 4.69) is 16.7 Å². The number of likely N-dealkylation sites (tertiary alicyclic amines) is 1. The third kappa shape index (κ3) is 4.93. The van der Waals surface area contributed by atoms with Crippen LogP contribution < -0.4 is 16.2 Å². The van der Waals surface area contributed by atoms with Gasteiger partial charge in [-0.3, -0.25) is 9.59 Å². The molecule has 1 aromatic carbocycles. The standard InChI is InChI=1S/C25H28N6O3/c1-2-21(32)30-14-7-6-8-18(13-15-30)31-24(26)22(25(27)33)23(29-31)17-11-12-20(28-16-17)34-19-9-4-3-5-10-19/h2-5,9-12,16,18H,1,6-8,13-15,26H2,(H2,27,33)/t18-/m0/s1. The third-order valence-corrected chi connectivity index (χ3v) is 5.95. The zero-order valence-corrected chi connectivity index (χ0v) is 18.9. The highest BCUT2D eigenvalue weighted by molar-refractivity contribution is 6.03. The summed E-state index contributed by atoms with van der Waals surface area (Å²) in [6, 6.07) is 12.7. The Balaban J connectivity index is 1.61. The average Bonchev–Trinajstić information content (AvgIpc) is 3.17. The molecule has 2 amide bonds. The van der Waals surface area contributed by atoms with Gasteiger partial charge in [0.2, 0.25) is 11.8 Å². The first-order chi connectivity index (χ1) is 16.5. The van der Waals surface area contributed by atoms with Gasteiger partial charge in [-0.05, 0) is 50.0 Å². The second kappa shape index (κ2) is 10.2. The minimum atomic E-state index is -0.655. The van der Waals surface area contributed by atoms with Crippen LogP contribution in [-0.4, -0.2) is 44.6 Å². The van der Waals surface area contributed by atoms with Crippen molar-refractivity contribution in [2.24, 2.45) is 5.73 Å². The van der Waals surface area contributed by atoms with E-state index >= 15 is 0 Å². The Morgan fingerprint density at radius 1 is 1.09 bits per heavy atom. The van der Waals surface area contributed by atoms with Gasteiger partial charge in [0.15, 0.2) is 0 Å². The molecular formula is C25H28N6O3. The molecule has 1 atom stereocenters. The summed E-state index contributed by atoms with van der Waals surface area (Å²) in [5, 5.41) is 4.69. The van der Waals surface area contributed by atoms with Gasteiger partial charge in [-0.2, -0.15) is 5.10 Å². The number of carbonyl (C=O) groups is 2. The molecule has 0 spiro atoms. The van der Waals surface area contributed by atoms with Gasteiger partial charge in [-0.15, -0.1) is 0 Å². The lowest BCUT2D eigenvalue weighted by Crippen LogP contribution is -2.34. The molecule has 1 aliphatic rings. The molecule has 3 heterocycles. The molecule has 34 heavy (non-hydrogen) atoms. The highest BCUT2D eigenvalue weighted by Gasteiger charge is 2.27. The van der Waals surface area contributed by atoms with Gasteiger partial charge in [0, 0.05) is 30.9 Å². The van der Waals surface area contributed by atoms with E-state index in [0.717, 1.165) is 19.3 Å². The summed E-state index contributed by atoms with van der Waals surface area (Å²) < 4.78 is 7.42. The number of aromatic nitrogens is 3. The van der Waals surface area contributed by atoms with Crippen LogP contribution in [0.4, 0.5) is 5.82 Å². The van der Waals surface area contributed by atoms with Crippen LogP contribution in [0.25, 0.3) is 11.3 Å². The second-order valence-corrected chi connectivity index (χ2v) is 8.19. The van der Waals surface area contributed by atoms with Crippen molar-refractivity contribution in [2.45, 2.75) is 31.7 Å². The van der Waals surface area contributed by atoms with E-state index in [4.69, 9.17) is 16.2 Å². The number of benzene rings is 1. The van der Waals surface area contributed by atoms with E-state index in [-0.39, 0.29) is 23.3 Å². The van der Waals surface area contributed by atoms with E-state index < -0.39 is 5.91 Å². The van der Waals surface area contributed by atoms with Crippen LogP contribution in [-0.2, 0) is 4.79 Å². The van der Waals surface area contributed by atoms with Gasteiger partial charge in [0.25, 0.3) is 5.91 Å². The monoisotopic (exact) mass is 460 g/mol. The topological polar surface area (TPSA) is 129 Å². The Morgan fingerprint density at radius 2 is 1.88 bits per heavy atom. The fourth-order valence-electron chi connectivity index (χ4n) is 4.20. The summed E-state index contributed by atoms with van der Waals surface area (Å²) in [5.41, 5.74) is 13.2. The van der Waals surface area contributed by atoms with Crippen LogP contribution in [0.3, 0.4) is 0 Å². The number of nitrogens with zero attached hydrogens (tertiary/aromatic N) is 4. The maximum absolute atomic E-state index is 12.3. The smallest absolute Gasteiger partial charge is 0.254 e. The Bertz CT molecular complexity index is 1170. The number of nitrogen functional groups attached to an aromatic ring is 1. The van der Waals surface area contributed by atoms with Crippen LogP contribution in [0.1, 0.15) is 42.1 Å². The average molecular weight is 461 g/mol. The van der Waals surface area contributed by atoms with Crippen molar-refractivity contribution in [3.8, 4) is 22.9 Å². The van der Waals surface area contributed by atoms with Crippen LogP contribution >= 0.6 is 0 Å². The van der Waals surface area contributed by atoms with Crippen molar-refractivity contribution < 1.29 is 14.3 Å². The number of amides is 2. The van der Waals surface area contributed by atoms with Gasteiger partial charge in [-0.25, -0.2) is 9.67 Å². The zero-order valence-electron chi connectivity index (χ0n) is 18.9. The largest absolute Gasteiger partial charge is 0.439 e. The Morgan fingerprint density at radius 3 is 2.56 bits per heavy atom. The van der Waals surface area contributed by atoms with E-state index in [1.54, 1.807) is 27.9 Å². The molecule has 1 saturated heterocycles. The van der Waals surface area contributed by atoms with Gasteiger partial charge < -0.3 is 21.1 Å². The minimum Gasteiger partial charge on any atom is -0.439 e. The molecule has 4 N–H and O–H groups in total. The summed E-state index contributed by atoms with van der Waals surface area (Å²) in [6.45, 7) is 4.84. The van der Waals surface area contributed by atoms with Crippen molar-refractivity contribution in [2.75, 3.05) is 18.8 Å². The number of pyridine rings is 1. The fourth-order valence-corrected chi connectivity index (χ4v) is 4.20. The van der Waals surface area contributed by atoms with E-state index in [0.29, 0.717) is 42.4 Å². The molecule has 0 aliphatic carbocycles. The van der Waals surface area contributed by atoms with Crippen LogP contribution in [0.2, 0.25) is 0 Å². The highest BCUT2D eigenvalue weighted by atomic mass is 16.5. The summed E-state index contributed by atoms with van der Waals surface area (Å²) in [4.78, 5) is 30.5. The molecular weight excluding hydrogens is 432 g/mol. The quantitative estimate of drug-likeness (QED) is 0.541. The fraction of sp³-hybridized carbons (Fsp3) is 0.280. The predicted molar refractivity (Wildman–Crippen MR) is 129 cm³/mol. The van der Waals surface area contributed by atoms with Crippen molar-refractivity contribution in [1.82, 2.24) is 19.7 Å². The molecule has 4 rings (SSSR count). The van der Waals surface area contributed by atoms with Crippen LogP contribution in [0.15, 0.2) is 61.3 Å². The molecule has 0 bridgehead atoms. The maximum atomic E-state index is 12.3. The SMILES string of the molecule is C=CC(=O)N1CCCC[C@H](n2nc(-c3ccc(Oc4ccccc4)nc3)c(C(N)=O)c2N)CC1. The molecule has 3 aromatic rings. The number of carbonyl (C=O) groups excluding carboxylic acids is 2. The van der Waals surface area contributed by atoms with Gasteiger partial charge in [0.1, 0.15) is 22.8 Å². The van der Waals surface area contributed by atoms with E-state index in [1.165, 1.54) is 6.08 Å². The first-order valence-corrected chi connectivity index (χ1v) is 11.3. The van der Waals surface area contributed by atoms with Gasteiger partial charge in [-0.1, -0.05) is 24.8 Å². The number of hydrogen-bond donors (Lipinski definition) is 2. The Hall–Kier alpha value is -4.14. The third-order valence-electron chi connectivity index (χ3n) is 5.95. The molecule has 9 nitrogen and oxygen atoms in total. The summed E-state index contributed by atoms with van der Waals surface area (Å²) >= 11 is 0. The predicted octanol–water partition coefficient (Wildman–Crippen LogP) is 3.55. The van der Waals surface area contributed by atoms with Crippen LogP contribution in [0.5, 0.6) is 11.6 Å². The molecule has 9 heteroatoms. The number of anilines is 1. The molecule has 1 fully saturated rings. The van der Waals surface area contributed by atoms with Crippen molar-refractivity contribution >= 4 is 17.6 Å². The summed E-state index contributed by atoms with van der Waals surface area (Å²) in [7, 11) is 0. The molecule has 0 saturated carbocycles. The number of hydrogen-bond acceptors (Lipinski definition) is 6. The lowest BCUT2D eigenvalue weighted by Gasteiger charge is -2.28. The number of ether oxygens (including phenoxy) is 1. The lowest BCUT2D eigenvalue weighted by atomic mass is 10.0. The Labute approximate surface area is 198 Å². The van der Waals surface area contributed by atoms with Crippen molar-refractivity contribution in [3.05, 3.63) is 66.9 Å². The molecule has 0 radical (unpaired) electrons.